The zero-order valence-electron chi connectivity index (χ0n) is 17.2. The number of benzene rings is 3. The lowest BCUT2D eigenvalue weighted by molar-refractivity contribution is 1.27. The summed E-state index contributed by atoms with van der Waals surface area (Å²) >= 11 is 6.40. The van der Waals surface area contributed by atoms with Gasteiger partial charge in [-0.3, -0.25) is 4.40 Å². The number of allylic oxidation sites excluding steroid dienone is 5. The first-order chi connectivity index (χ1) is 15.2. The second kappa shape index (κ2) is 7.90. The van der Waals surface area contributed by atoms with Gasteiger partial charge in [-0.05, 0) is 36.1 Å². The Labute approximate surface area is 186 Å². The van der Waals surface area contributed by atoms with Crippen molar-refractivity contribution in [2.75, 3.05) is 0 Å². The smallest absolute Gasteiger partial charge is 0.146 e. The molecule has 5 aromatic rings. The summed E-state index contributed by atoms with van der Waals surface area (Å²) in [7, 11) is 0. The van der Waals surface area contributed by atoms with Crippen molar-refractivity contribution >= 4 is 44.5 Å². The number of aromatic nitrogens is 2. The molecular weight excluding hydrogens is 400 g/mol. The topological polar surface area (TPSA) is 17.3 Å². The number of fused-ring (bicyclic) bond motifs is 6. The van der Waals surface area contributed by atoms with Gasteiger partial charge in [0.2, 0.25) is 0 Å². The van der Waals surface area contributed by atoms with Crippen LogP contribution in [0.3, 0.4) is 0 Å². The van der Waals surface area contributed by atoms with Crippen LogP contribution < -0.4 is 0 Å². The molecule has 31 heavy (non-hydrogen) atoms. The zero-order chi connectivity index (χ0) is 21.4. The van der Waals surface area contributed by atoms with Gasteiger partial charge in [-0.15, -0.1) is 0 Å². The van der Waals surface area contributed by atoms with Gasteiger partial charge in [0, 0.05) is 21.4 Å². The van der Waals surface area contributed by atoms with Crippen molar-refractivity contribution in [3.63, 3.8) is 0 Å². The molecule has 0 spiro atoms. The van der Waals surface area contributed by atoms with Crippen molar-refractivity contribution in [3.05, 3.63) is 114 Å². The predicted molar refractivity (Wildman–Crippen MR) is 134 cm³/mol. The maximum Gasteiger partial charge on any atom is 0.146 e. The number of hydrogen-bond acceptors (Lipinski definition) is 1. The van der Waals surface area contributed by atoms with E-state index < -0.39 is 0 Å². The molecule has 2 nitrogen and oxygen atoms in total. The van der Waals surface area contributed by atoms with Crippen LogP contribution in [0.4, 0.5) is 0 Å². The van der Waals surface area contributed by atoms with Gasteiger partial charge in [-0.1, -0.05) is 97.1 Å². The molecule has 0 saturated carbocycles. The van der Waals surface area contributed by atoms with E-state index in [9.17, 15) is 0 Å². The molecule has 0 atom stereocenters. The van der Waals surface area contributed by atoms with E-state index in [1.54, 1.807) is 0 Å². The molecule has 0 unspecified atom stereocenters. The number of imidazole rings is 1. The predicted octanol–water partition coefficient (Wildman–Crippen LogP) is 8.11. The second-order valence-corrected chi connectivity index (χ2v) is 7.89. The minimum atomic E-state index is 0.720. The fraction of sp³-hybridized carbons (Fsp3) is 0.0357. The summed E-state index contributed by atoms with van der Waals surface area (Å²) < 4.78 is 2.24. The van der Waals surface area contributed by atoms with Crippen LogP contribution in [0.5, 0.6) is 0 Å². The van der Waals surface area contributed by atoms with Crippen molar-refractivity contribution in [3.8, 4) is 11.3 Å². The molecule has 0 aliphatic carbocycles. The number of pyridine rings is 1. The molecule has 0 aliphatic rings. The van der Waals surface area contributed by atoms with E-state index in [0.29, 0.717) is 0 Å². The first-order valence-corrected chi connectivity index (χ1v) is 10.6. The monoisotopic (exact) mass is 420 g/mol. The molecule has 5 rings (SSSR count). The van der Waals surface area contributed by atoms with Gasteiger partial charge in [0.05, 0.1) is 16.9 Å². The van der Waals surface area contributed by atoms with Gasteiger partial charge in [0.15, 0.2) is 0 Å². The Morgan fingerprint density at radius 2 is 1.65 bits per heavy atom. The third-order valence-corrected chi connectivity index (χ3v) is 5.72. The maximum atomic E-state index is 6.40. The number of halogens is 1. The van der Waals surface area contributed by atoms with Gasteiger partial charge in [-0.2, -0.15) is 0 Å². The minimum Gasteiger partial charge on any atom is -0.291 e. The summed E-state index contributed by atoms with van der Waals surface area (Å²) in [6, 6.07) is 24.8. The van der Waals surface area contributed by atoms with E-state index in [4.69, 9.17) is 16.6 Å². The molecule has 2 heterocycles. The molecule has 0 N–H and O–H groups in total. The maximum absolute atomic E-state index is 6.40. The highest BCUT2D eigenvalue weighted by Crippen LogP contribution is 2.37. The van der Waals surface area contributed by atoms with Gasteiger partial charge in [-0.25, -0.2) is 4.98 Å². The Morgan fingerprint density at radius 3 is 2.42 bits per heavy atom. The van der Waals surface area contributed by atoms with E-state index in [1.807, 2.05) is 49.4 Å². The van der Waals surface area contributed by atoms with Gasteiger partial charge < -0.3 is 0 Å². The average molecular weight is 421 g/mol. The second-order valence-electron chi connectivity index (χ2n) is 7.45. The van der Waals surface area contributed by atoms with Gasteiger partial charge >= 0.3 is 0 Å². The van der Waals surface area contributed by atoms with Crippen molar-refractivity contribution in [2.45, 2.75) is 6.92 Å². The number of rotatable bonds is 4. The van der Waals surface area contributed by atoms with Crippen LogP contribution in [0.25, 0.3) is 44.2 Å². The number of nitrogens with zero attached hydrogens (tertiary/aromatic N) is 2. The van der Waals surface area contributed by atoms with E-state index in [0.717, 1.165) is 54.9 Å². The highest BCUT2D eigenvalue weighted by Gasteiger charge is 2.20. The van der Waals surface area contributed by atoms with Gasteiger partial charge in [0.1, 0.15) is 5.65 Å². The first kappa shape index (κ1) is 19.3. The molecule has 0 saturated heterocycles. The molecule has 0 radical (unpaired) electrons. The SMILES string of the molecule is C=C(/C=C\C=C/C)c1nc2c3ccccc3c3cc(Cl)ccc3n2c1-c1ccccc1. The molecule has 150 valence electrons. The minimum absolute atomic E-state index is 0.720. The van der Waals surface area contributed by atoms with Gasteiger partial charge in [0.25, 0.3) is 0 Å². The molecule has 0 bridgehead atoms. The van der Waals surface area contributed by atoms with Crippen LogP contribution in [-0.2, 0) is 0 Å². The summed E-state index contributed by atoms with van der Waals surface area (Å²) in [5, 5.41) is 4.05. The van der Waals surface area contributed by atoms with E-state index in [-0.39, 0.29) is 0 Å². The summed E-state index contributed by atoms with van der Waals surface area (Å²) in [6.45, 7) is 6.33. The Balaban J connectivity index is 1.98. The molecule has 0 fully saturated rings. The molecule has 0 amide bonds. The van der Waals surface area contributed by atoms with Crippen LogP contribution in [0.2, 0.25) is 5.02 Å². The van der Waals surface area contributed by atoms with Crippen molar-refractivity contribution in [1.82, 2.24) is 9.38 Å². The summed E-state index contributed by atoms with van der Waals surface area (Å²) in [5.74, 6) is 0. The van der Waals surface area contributed by atoms with Crippen LogP contribution in [0.1, 0.15) is 12.6 Å². The van der Waals surface area contributed by atoms with E-state index in [2.05, 4.69) is 65.6 Å². The third kappa shape index (κ3) is 3.26. The number of hydrogen-bond donors (Lipinski definition) is 0. The summed E-state index contributed by atoms with van der Waals surface area (Å²) in [4.78, 5) is 5.12. The van der Waals surface area contributed by atoms with Crippen molar-refractivity contribution in [2.24, 2.45) is 0 Å². The lowest BCUT2D eigenvalue weighted by Crippen LogP contribution is -1.94. The van der Waals surface area contributed by atoms with Crippen LogP contribution >= 0.6 is 11.6 Å². The molecule has 3 heteroatoms. The molecular formula is C28H21ClN2. The fourth-order valence-electron chi connectivity index (χ4n) is 4.12. The largest absolute Gasteiger partial charge is 0.291 e. The van der Waals surface area contributed by atoms with E-state index in [1.165, 1.54) is 0 Å². The molecule has 3 aromatic carbocycles. The highest BCUT2D eigenvalue weighted by molar-refractivity contribution is 6.32. The van der Waals surface area contributed by atoms with Crippen molar-refractivity contribution in [1.29, 1.82) is 0 Å². The first-order valence-electron chi connectivity index (χ1n) is 10.3. The lowest BCUT2D eigenvalue weighted by atomic mass is 10.0. The van der Waals surface area contributed by atoms with Crippen LogP contribution in [0, 0.1) is 0 Å². The van der Waals surface area contributed by atoms with Crippen LogP contribution in [0.15, 0.2) is 104 Å². The standard InChI is InChI=1S/C28H21ClN2/c1-3-4-6-11-19(2)26-27(20-12-7-5-8-13-20)31-25-17-16-21(29)18-24(25)22-14-9-10-15-23(22)28(31)30-26/h3-18H,2H2,1H3/b4-3-,11-6-. The van der Waals surface area contributed by atoms with E-state index >= 15 is 0 Å². The normalized spacial score (nSPS) is 12.1. The third-order valence-electron chi connectivity index (χ3n) is 5.49. The Hall–Kier alpha value is -3.62. The summed E-state index contributed by atoms with van der Waals surface area (Å²) in [6.07, 6.45) is 8.00. The quantitative estimate of drug-likeness (QED) is 0.212. The fourth-order valence-corrected chi connectivity index (χ4v) is 4.29. The zero-order valence-corrected chi connectivity index (χ0v) is 18.0. The molecule has 0 aliphatic heterocycles. The Morgan fingerprint density at radius 1 is 0.903 bits per heavy atom. The van der Waals surface area contributed by atoms with Crippen LogP contribution in [-0.4, -0.2) is 9.38 Å². The lowest BCUT2D eigenvalue weighted by Gasteiger charge is -2.12. The van der Waals surface area contributed by atoms with Crippen molar-refractivity contribution < 1.29 is 0 Å². The summed E-state index contributed by atoms with van der Waals surface area (Å²) in [5.41, 5.74) is 5.85. The molecule has 2 aromatic heterocycles. The Bertz CT molecular complexity index is 1500. The highest BCUT2D eigenvalue weighted by atomic mass is 35.5. The average Bonchev–Trinajstić information content (AvgIpc) is 3.21. The Kier molecular flexibility index (Phi) is 4.93.